The van der Waals surface area contributed by atoms with Crippen LogP contribution >= 0.6 is 0 Å². The molecular formula is C15H22N2. The molecule has 2 heteroatoms. The molecule has 2 nitrogen and oxygen atoms in total. The van der Waals surface area contributed by atoms with Crippen LogP contribution in [0.25, 0.3) is 0 Å². The molecule has 0 saturated heterocycles. The summed E-state index contributed by atoms with van der Waals surface area (Å²) in [6.45, 7) is 2.19. The molecule has 2 N–H and O–H groups in total. The van der Waals surface area contributed by atoms with Gasteiger partial charge in [-0.1, -0.05) is 12.8 Å². The third kappa shape index (κ3) is 2.41. The number of rotatable bonds is 0. The summed E-state index contributed by atoms with van der Waals surface area (Å²) < 4.78 is 0. The predicted octanol–water partition coefficient (Wildman–Crippen LogP) is 3.57. The lowest BCUT2D eigenvalue weighted by atomic mass is 9.92. The van der Waals surface area contributed by atoms with Crippen molar-refractivity contribution >= 4 is 11.4 Å². The summed E-state index contributed by atoms with van der Waals surface area (Å²) in [7, 11) is 0. The SMILES string of the molecule is c1c2c(cc3c1NCCCN3)CCCCCC2. The second kappa shape index (κ2) is 4.99. The van der Waals surface area contributed by atoms with E-state index < -0.39 is 0 Å². The fourth-order valence-electron chi connectivity index (χ4n) is 2.97. The van der Waals surface area contributed by atoms with E-state index in [1.807, 2.05) is 0 Å². The zero-order valence-corrected chi connectivity index (χ0v) is 10.5. The summed E-state index contributed by atoms with van der Waals surface area (Å²) in [6, 6.07) is 4.79. The molecule has 0 spiro atoms. The van der Waals surface area contributed by atoms with Crippen LogP contribution in [-0.2, 0) is 12.8 Å². The Balaban J connectivity index is 1.95. The Morgan fingerprint density at radius 2 is 1.18 bits per heavy atom. The number of aryl methyl sites for hydroxylation is 2. The molecule has 0 aromatic heterocycles. The van der Waals surface area contributed by atoms with Gasteiger partial charge in [0.25, 0.3) is 0 Å². The van der Waals surface area contributed by atoms with E-state index in [1.165, 1.54) is 56.3 Å². The number of fused-ring (bicyclic) bond motifs is 2. The van der Waals surface area contributed by atoms with Crippen LogP contribution in [0.15, 0.2) is 12.1 Å². The fraction of sp³-hybridized carbons (Fsp3) is 0.600. The van der Waals surface area contributed by atoms with E-state index in [-0.39, 0.29) is 0 Å². The molecule has 0 radical (unpaired) electrons. The third-order valence-electron chi connectivity index (χ3n) is 3.97. The Bertz CT molecular complexity index is 361. The van der Waals surface area contributed by atoms with E-state index >= 15 is 0 Å². The lowest BCUT2D eigenvalue weighted by molar-refractivity contribution is 0.617. The molecule has 1 aromatic carbocycles. The van der Waals surface area contributed by atoms with Gasteiger partial charge in [-0.05, 0) is 55.4 Å². The van der Waals surface area contributed by atoms with Crippen molar-refractivity contribution in [3.8, 4) is 0 Å². The number of hydrogen-bond acceptors (Lipinski definition) is 2. The molecule has 0 bridgehead atoms. The summed E-state index contributed by atoms with van der Waals surface area (Å²) in [5, 5.41) is 7.10. The van der Waals surface area contributed by atoms with Gasteiger partial charge in [-0.25, -0.2) is 0 Å². The summed E-state index contributed by atoms with van der Waals surface area (Å²) in [6.07, 6.45) is 9.27. The largest absolute Gasteiger partial charge is 0.383 e. The molecule has 0 atom stereocenters. The summed E-state index contributed by atoms with van der Waals surface area (Å²) in [5.41, 5.74) is 5.81. The Labute approximate surface area is 104 Å². The summed E-state index contributed by atoms with van der Waals surface area (Å²) >= 11 is 0. The van der Waals surface area contributed by atoms with E-state index in [4.69, 9.17) is 0 Å². The third-order valence-corrected chi connectivity index (χ3v) is 3.97. The molecule has 1 aliphatic heterocycles. The normalized spacial score (nSPS) is 19.8. The highest BCUT2D eigenvalue weighted by Gasteiger charge is 2.13. The quantitative estimate of drug-likeness (QED) is 0.712. The van der Waals surface area contributed by atoms with Gasteiger partial charge in [0, 0.05) is 13.1 Å². The maximum Gasteiger partial charge on any atom is 0.0578 e. The van der Waals surface area contributed by atoms with Gasteiger partial charge in [-0.2, -0.15) is 0 Å². The van der Waals surface area contributed by atoms with Crippen molar-refractivity contribution < 1.29 is 0 Å². The second-order valence-electron chi connectivity index (χ2n) is 5.29. The minimum absolute atomic E-state index is 1.10. The van der Waals surface area contributed by atoms with Crippen LogP contribution < -0.4 is 10.6 Å². The van der Waals surface area contributed by atoms with Crippen LogP contribution in [0.2, 0.25) is 0 Å². The first-order valence-corrected chi connectivity index (χ1v) is 7.07. The molecule has 3 rings (SSSR count). The first kappa shape index (κ1) is 10.9. The maximum atomic E-state index is 3.55. The van der Waals surface area contributed by atoms with E-state index in [1.54, 1.807) is 11.1 Å². The van der Waals surface area contributed by atoms with Crippen molar-refractivity contribution in [2.45, 2.75) is 44.9 Å². The van der Waals surface area contributed by atoms with E-state index in [9.17, 15) is 0 Å². The molecule has 0 amide bonds. The standard InChI is InChI=1S/C15H22N2/c1-2-4-7-13-11-15-14(10-12(13)6-3-1)16-8-5-9-17-15/h10-11,16-17H,1-9H2. The second-order valence-corrected chi connectivity index (χ2v) is 5.29. The summed E-state index contributed by atoms with van der Waals surface area (Å²) in [5.74, 6) is 0. The van der Waals surface area contributed by atoms with Crippen molar-refractivity contribution in [2.75, 3.05) is 23.7 Å². The Kier molecular flexibility index (Phi) is 3.21. The Morgan fingerprint density at radius 1 is 0.647 bits per heavy atom. The van der Waals surface area contributed by atoms with Crippen molar-refractivity contribution in [3.63, 3.8) is 0 Å². The average molecular weight is 230 g/mol. The predicted molar refractivity (Wildman–Crippen MR) is 73.9 cm³/mol. The Hall–Kier alpha value is -1.18. The minimum atomic E-state index is 1.10. The number of anilines is 2. The highest BCUT2D eigenvalue weighted by molar-refractivity contribution is 5.72. The van der Waals surface area contributed by atoms with Crippen molar-refractivity contribution in [1.82, 2.24) is 0 Å². The molecule has 0 saturated carbocycles. The average Bonchev–Trinajstić information content (AvgIpc) is 2.53. The van der Waals surface area contributed by atoms with E-state index in [2.05, 4.69) is 22.8 Å². The van der Waals surface area contributed by atoms with Crippen LogP contribution in [0.1, 0.15) is 43.2 Å². The molecule has 1 aliphatic carbocycles. The van der Waals surface area contributed by atoms with E-state index in [0.29, 0.717) is 0 Å². The molecule has 92 valence electrons. The molecule has 0 fully saturated rings. The highest BCUT2D eigenvalue weighted by Crippen LogP contribution is 2.31. The van der Waals surface area contributed by atoms with Crippen molar-refractivity contribution in [2.24, 2.45) is 0 Å². The smallest absolute Gasteiger partial charge is 0.0578 e. The van der Waals surface area contributed by atoms with Crippen LogP contribution in [0.5, 0.6) is 0 Å². The number of hydrogen-bond donors (Lipinski definition) is 2. The lowest BCUT2D eigenvalue weighted by Crippen LogP contribution is -2.04. The van der Waals surface area contributed by atoms with Gasteiger partial charge in [0.2, 0.25) is 0 Å². The molecule has 0 unspecified atom stereocenters. The van der Waals surface area contributed by atoms with Gasteiger partial charge in [-0.15, -0.1) is 0 Å². The fourth-order valence-corrected chi connectivity index (χ4v) is 2.97. The zero-order chi connectivity index (χ0) is 11.5. The zero-order valence-electron chi connectivity index (χ0n) is 10.5. The monoisotopic (exact) mass is 230 g/mol. The molecule has 17 heavy (non-hydrogen) atoms. The van der Waals surface area contributed by atoms with Crippen LogP contribution in [0.4, 0.5) is 11.4 Å². The minimum Gasteiger partial charge on any atom is -0.383 e. The first-order valence-electron chi connectivity index (χ1n) is 7.07. The molecule has 1 aromatic rings. The maximum absolute atomic E-state index is 3.55. The van der Waals surface area contributed by atoms with Gasteiger partial charge < -0.3 is 10.6 Å². The van der Waals surface area contributed by atoms with Crippen molar-refractivity contribution in [3.05, 3.63) is 23.3 Å². The van der Waals surface area contributed by atoms with Gasteiger partial charge in [-0.3, -0.25) is 0 Å². The molecular weight excluding hydrogens is 208 g/mol. The van der Waals surface area contributed by atoms with Crippen molar-refractivity contribution in [1.29, 1.82) is 0 Å². The topological polar surface area (TPSA) is 24.1 Å². The Morgan fingerprint density at radius 3 is 1.71 bits per heavy atom. The number of benzene rings is 1. The lowest BCUT2D eigenvalue weighted by Gasteiger charge is -2.18. The van der Waals surface area contributed by atoms with Crippen LogP contribution in [-0.4, -0.2) is 13.1 Å². The first-order chi connectivity index (χ1) is 8.43. The molecule has 2 aliphatic rings. The van der Waals surface area contributed by atoms with Crippen LogP contribution in [0, 0.1) is 0 Å². The highest BCUT2D eigenvalue weighted by atomic mass is 15.0. The van der Waals surface area contributed by atoms with Crippen LogP contribution in [0.3, 0.4) is 0 Å². The van der Waals surface area contributed by atoms with Gasteiger partial charge in [0.05, 0.1) is 11.4 Å². The van der Waals surface area contributed by atoms with Gasteiger partial charge >= 0.3 is 0 Å². The number of nitrogens with one attached hydrogen (secondary N) is 2. The van der Waals surface area contributed by atoms with Gasteiger partial charge in [0.15, 0.2) is 0 Å². The summed E-state index contributed by atoms with van der Waals surface area (Å²) in [4.78, 5) is 0. The van der Waals surface area contributed by atoms with E-state index in [0.717, 1.165) is 13.1 Å². The van der Waals surface area contributed by atoms with Gasteiger partial charge in [0.1, 0.15) is 0 Å². The molecule has 1 heterocycles.